The zero-order valence-corrected chi connectivity index (χ0v) is 13.7. The molecule has 0 aliphatic heterocycles. The van der Waals surface area contributed by atoms with Crippen molar-refractivity contribution in [2.24, 2.45) is 5.73 Å². The lowest BCUT2D eigenvalue weighted by atomic mass is 9.62. The molecule has 0 bridgehead atoms. The summed E-state index contributed by atoms with van der Waals surface area (Å²) in [5.74, 6) is -0.420. The van der Waals surface area contributed by atoms with Crippen molar-refractivity contribution in [1.29, 1.82) is 0 Å². The summed E-state index contributed by atoms with van der Waals surface area (Å²) in [6.07, 6.45) is 1.10. The molecule has 0 aromatic rings. The van der Waals surface area contributed by atoms with Gasteiger partial charge in [0.2, 0.25) is 5.87 Å². The molecule has 0 aliphatic rings. The molecule has 0 saturated heterocycles. The minimum atomic E-state index is -0.778. The summed E-state index contributed by atoms with van der Waals surface area (Å²) in [5, 5.41) is 9.61. The largest absolute Gasteiger partial charge is 0.468 e. The van der Waals surface area contributed by atoms with Crippen molar-refractivity contribution in [2.75, 3.05) is 13.2 Å². The molecular weight excluding hydrogens is 257 g/mol. The van der Waals surface area contributed by atoms with Crippen LogP contribution in [-0.4, -0.2) is 48.1 Å². The van der Waals surface area contributed by atoms with Crippen LogP contribution < -0.4 is 5.73 Å². The number of ether oxygens (including phenoxy) is 2. The lowest BCUT2D eigenvalue weighted by molar-refractivity contribution is -0.00857. The molecule has 0 amide bonds. The molecule has 0 saturated carbocycles. The number of hydrogen-bond donors (Lipinski definition) is 2. The molecule has 6 heteroatoms. The maximum absolute atomic E-state index is 11.9. The third-order valence-electron chi connectivity index (χ3n) is 2.78. The summed E-state index contributed by atoms with van der Waals surface area (Å²) in [5.41, 5.74) is 3.38. The first kappa shape index (κ1) is 19.4. The number of aliphatic hydroxyl groups is 1. The SMILES string of the molecule is CC(C)(O)CCOC(C)(C)[B]C(=O)OC(C)(C)CCN. The van der Waals surface area contributed by atoms with Gasteiger partial charge in [-0.25, -0.2) is 0 Å². The Morgan fingerprint density at radius 1 is 1.15 bits per heavy atom. The van der Waals surface area contributed by atoms with Gasteiger partial charge in [-0.1, -0.05) is 0 Å². The van der Waals surface area contributed by atoms with E-state index in [2.05, 4.69) is 0 Å². The van der Waals surface area contributed by atoms with Crippen molar-refractivity contribution in [2.45, 2.75) is 71.1 Å². The molecule has 0 aromatic carbocycles. The fourth-order valence-electron chi connectivity index (χ4n) is 1.59. The molecular formula is C14H29BNO4. The predicted molar refractivity (Wildman–Crippen MR) is 80.9 cm³/mol. The zero-order chi connectivity index (χ0) is 16.0. The normalized spacial score (nSPS) is 13.2. The molecule has 0 rings (SSSR count). The average molecular weight is 286 g/mol. The molecule has 20 heavy (non-hydrogen) atoms. The molecule has 0 spiro atoms. The van der Waals surface area contributed by atoms with E-state index in [-0.39, 0.29) is 0 Å². The fraction of sp³-hybridized carbons (Fsp3) is 0.929. The number of carbonyl (C=O) groups excluding carboxylic acids is 1. The lowest BCUT2D eigenvalue weighted by Crippen LogP contribution is -2.42. The van der Waals surface area contributed by atoms with E-state index >= 15 is 0 Å². The van der Waals surface area contributed by atoms with Crippen LogP contribution in [0.25, 0.3) is 0 Å². The van der Waals surface area contributed by atoms with Gasteiger partial charge < -0.3 is 20.3 Å². The summed E-state index contributed by atoms with van der Waals surface area (Å²) in [7, 11) is 1.41. The van der Waals surface area contributed by atoms with Crippen molar-refractivity contribution < 1.29 is 19.4 Å². The van der Waals surface area contributed by atoms with E-state index in [1.54, 1.807) is 27.7 Å². The van der Waals surface area contributed by atoms with Crippen LogP contribution >= 0.6 is 0 Å². The minimum Gasteiger partial charge on any atom is -0.468 e. The summed E-state index contributed by atoms with van der Waals surface area (Å²) in [4.78, 5) is 11.9. The van der Waals surface area contributed by atoms with Crippen LogP contribution in [-0.2, 0) is 9.47 Å². The van der Waals surface area contributed by atoms with Crippen LogP contribution in [0.3, 0.4) is 0 Å². The Bertz CT molecular complexity index is 311. The number of nitrogens with two attached hydrogens (primary N) is 1. The molecule has 0 aliphatic carbocycles. The quantitative estimate of drug-likeness (QED) is 0.632. The van der Waals surface area contributed by atoms with Gasteiger partial charge in [0.15, 0.2) is 0 Å². The molecule has 3 N–H and O–H groups in total. The first-order valence-corrected chi connectivity index (χ1v) is 7.02. The Morgan fingerprint density at radius 2 is 1.70 bits per heavy atom. The van der Waals surface area contributed by atoms with Gasteiger partial charge in [-0.05, 0) is 60.9 Å². The van der Waals surface area contributed by atoms with Crippen LogP contribution in [0, 0.1) is 0 Å². The summed E-state index contributed by atoms with van der Waals surface area (Å²) in [6, 6.07) is 0. The molecule has 0 unspecified atom stereocenters. The summed E-state index contributed by atoms with van der Waals surface area (Å²) < 4.78 is 11.0. The third-order valence-corrected chi connectivity index (χ3v) is 2.78. The second-order valence-corrected chi connectivity index (χ2v) is 6.88. The molecule has 0 fully saturated rings. The molecule has 0 heterocycles. The number of rotatable bonds is 9. The van der Waals surface area contributed by atoms with Crippen molar-refractivity contribution in [1.82, 2.24) is 0 Å². The Balaban J connectivity index is 4.22. The van der Waals surface area contributed by atoms with E-state index in [0.717, 1.165) is 0 Å². The Hall–Kier alpha value is -0.585. The Kier molecular flexibility index (Phi) is 7.21. The Morgan fingerprint density at radius 3 is 2.15 bits per heavy atom. The monoisotopic (exact) mass is 286 g/mol. The first-order chi connectivity index (χ1) is 8.87. The van der Waals surface area contributed by atoms with Crippen molar-refractivity contribution in [3.05, 3.63) is 0 Å². The highest BCUT2D eigenvalue weighted by molar-refractivity contribution is 6.74. The van der Waals surface area contributed by atoms with Crippen LogP contribution in [0.15, 0.2) is 0 Å². The zero-order valence-electron chi connectivity index (χ0n) is 13.7. The van der Waals surface area contributed by atoms with Gasteiger partial charge >= 0.3 is 7.28 Å². The van der Waals surface area contributed by atoms with Gasteiger partial charge in [-0.2, -0.15) is 0 Å². The van der Waals surface area contributed by atoms with Gasteiger partial charge in [0.1, 0.15) is 5.60 Å². The third kappa shape index (κ3) is 10.2. The van der Waals surface area contributed by atoms with E-state index < -0.39 is 22.6 Å². The highest BCUT2D eigenvalue weighted by atomic mass is 16.6. The molecule has 5 nitrogen and oxygen atoms in total. The topological polar surface area (TPSA) is 81.8 Å². The van der Waals surface area contributed by atoms with Crippen LogP contribution in [0.2, 0.25) is 0 Å². The van der Waals surface area contributed by atoms with Crippen molar-refractivity contribution >= 4 is 13.1 Å². The van der Waals surface area contributed by atoms with E-state index in [0.29, 0.717) is 26.0 Å². The molecule has 0 aromatic heterocycles. The predicted octanol–water partition coefficient (Wildman–Crippen LogP) is 1.87. The van der Waals surface area contributed by atoms with E-state index in [4.69, 9.17) is 15.2 Å². The van der Waals surface area contributed by atoms with Crippen LogP contribution in [0.5, 0.6) is 0 Å². The van der Waals surface area contributed by atoms with Crippen LogP contribution in [0.4, 0.5) is 4.79 Å². The minimum absolute atomic E-state index is 0.368. The number of hydrogen-bond acceptors (Lipinski definition) is 5. The maximum atomic E-state index is 11.9. The van der Waals surface area contributed by atoms with E-state index in [1.165, 1.54) is 7.28 Å². The standard InChI is InChI=1S/C14H29BNO4/c1-12(2,18)8-10-19-14(5,6)15-11(17)20-13(3,4)7-9-16/h18H,7-10,16H2,1-6H3. The van der Waals surface area contributed by atoms with E-state index in [9.17, 15) is 9.90 Å². The van der Waals surface area contributed by atoms with E-state index in [1.807, 2.05) is 13.8 Å². The van der Waals surface area contributed by atoms with Crippen molar-refractivity contribution in [3.63, 3.8) is 0 Å². The van der Waals surface area contributed by atoms with Crippen molar-refractivity contribution in [3.8, 4) is 0 Å². The van der Waals surface area contributed by atoms with Crippen LogP contribution in [0.1, 0.15) is 54.4 Å². The highest BCUT2D eigenvalue weighted by Crippen LogP contribution is 2.17. The smallest absolute Gasteiger partial charge is 0.300 e. The maximum Gasteiger partial charge on any atom is 0.300 e. The van der Waals surface area contributed by atoms with Gasteiger partial charge in [-0.3, -0.25) is 4.79 Å². The summed E-state index contributed by atoms with van der Waals surface area (Å²) in [6.45, 7) is 11.5. The fourth-order valence-corrected chi connectivity index (χ4v) is 1.59. The average Bonchev–Trinajstić information content (AvgIpc) is 2.11. The second kappa shape index (κ2) is 7.43. The van der Waals surface area contributed by atoms with Gasteiger partial charge in [0.25, 0.3) is 0 Å². The van der Waals surface area contributed by atoms with Gasteiger partial charge in [-0.15, -0.1) is 0 Å². The second-order valence-electron chi connectivity index (χ2n) is 6.88. The Labute approximate surface area is 123 Å². The molecule has 117 valence electrons. The highest BCUT2D eigenvalue weighted by Gasteiger charge is 2.30. The molecule has 1 radical (unpaired) electrons. The summed E-state index contributed by atoms with van der Waals surface area (Å²) >= 11 is 0. The number of carbonyl (C=O) groups is 1. The van der Waals surface area contributed by atoms with Gasteiger partial charge in [0.05, 0.1) is 5.60 Å². The van der Waals surface area contributed by atoms with Gasteiger partial charge in [0, 0.05) is 12.1 Å². The first-order valence-electron chi connectivity index (χ1n) is 7.02. The molecule has 0 atom stereocenters. The lowest BCUT2D eigenvalue weighted by Gasteiger charge is -2.29.